The van der Waals surface area contributed by atoms with Crippen LogP contribution < -0.4 is 5.32 Å². The summed E-state index contributed by atoms with van der Waals surface area (Å²) in [6.07, 6.45) is 5.54. The molecule has 1 unspecified atom stereocenters. The lowest BCUT2D eigenvalue weighted by Crippen LogP contribution is -2.25. The highest BCUT2D eigenvalue weighted by Crippen LogP contribution is 2.24. The lowest BCUT2D eigenvalue weighted by molar-refractivity contribution is 0.0727. The van der Waals surface area contributed by atoms with Crippen molar-refractivity contribution in [3.05, 3.63) is 17.6 Å². The van der Waals surface area contributed by atoms with Crippen molar-refractivity contribution in [2.75, 3.05) is 25.6 Å². The maximum Gasteiger partial charge on any atom is 0.132 e. The highest BCUT2D eigenvalue weighted by Gasteiger charge is 2.15. The number of nitrogens with zero attached hydrogens (tertiary/aromatic N) is 2. The fraction of sp³-hybridized carbons (Fsp3) is 0.667. The van der Waals surface area contributed by atoms with E-state index in [1.165, 1.54) is 18.4 Å². The van der Waals surface area contributed by atoms with E-state index in [4.69, 9.17) is 4.74 Å². The number of aliphatic hydroxyl groups is 1. The number of rotatable bonds is 5. The minimum atomic E-state index is -0.505. The minimum Gasteiger partial charge on any atom is -0.389 e. The van der Waals surface area contributed by atoms with E-state index in [0.717, 1.165) is 24.4 Å². The highest BCUT2D eigenvalue weighted by atomic mass is 16.5. The van der Waals surface area contributed by atoms with Crippen LogP contribution in [0.2, 0.25) is 0 Å². The Kier molecular flexibility index (Phi) is 4.28. The van der Waals surface area contributed by atoms with Gasteiger partial charge in [0.15, 0.2) is 0 Å². The van der Waals surface area contributed by atoms with Crippen LogP contribution in [0.15, 0.2) is 6.33 Å². The van der Waals surface area contributed by atoms with Crippen LogP contribution in [0.5, 0.6) is 0 Å². The maximum atomic E-state index is 9.58. The van der Waals surface area contributed by atoms with Gasteiger partial charge in [-0.3, -0.25) is 0 Å². The molecule has 1 aromatic rings. The summed E-state index contributed by atoms with van der Waals surface area (Å²) in [4.78, 5) is 8.56. The predicted molar refractivity (Wildman–Crippen MR) is 65.0 cm³/mol. The van der Waals surface area contributed by atoms with E-state index in [1.54, 1.807) is 13.4 Å². The molecule has 0 spiro atoms. The van der Waals surface area contributed by atoms with E-state index in [1.807, 2.05) is 0 Å². The Morgan fingerprint density at radius 3 is 3.06 bits per heavy atom. The topological polar surface area (TPSA) is 67.3 Å². The molecule has 0 saturated heterocycles. The van der Waals surface area contributed by atoms with Gasteiger partial charge in [0, 0.05) is 24.9 Å². The molecule has 0 aliphatic heterocycles. The summed E-state index contributed by atoms with van der Waals surface area (Å²) >= 11 is 0. The SMILES string of the molecule is COCC(O)CNc1ncnc2c1CCCC2. The minimum absolute atomic E-state index is 0.334. The van der Waals surface area contributed by atoms with Crippen LogP contribution in [-0.2, 0) is 17.6 Å². The molecule has 1 atom stereocenters. The van der Waals surface area contributed by atoms with Gasteiger partial charge in [-0.1, -0.05) is 0 Å². The van der Waals surface area contributed by atoms with Crippen LogP contribution in [0.3, 0.4) is 0 Å². The second-order valence-electron chi connectivity index (χ2n) is 4.34. The third kappa shape index (κ3) is 3.14. The smallest absolute Gasteiger partial charge is 0.132 e. The predicted octanol–water partition coefficient (Wildman–Crippen LogP) is 0.775. The van der Waals surface area contributed by atoms with E-state index in [9.17, 15) is 5.11 Å². The van der Waals surface area contributed by atoms with Gasteiger partial charge >= 0.3 is 0 Å². The number of aryl methyl sites for hydroxylation is 1. The number of aliphatic hydroxyl groups excluding tert-OH is 1. The molecule has 0 radical (unpaired) electrons. The van der Waals surface area contributed by atoms with Crippen molar-refractivity contribution in [1.82, 2.24) is 9.97 Å². The first kappa shape index (κ1) is 12.3. The molecule has 5 heteroatoms. The van der Waals surface area contributed by atoms with Crippen molar-refractivity contribution in [1.29, 1.82) is 0 Å². The molecule has 0 aromatic carbocycles. The third-order valence-corrected chi connectivity index (χ3v) is 2.99. The molecular weight excluding hydrogens is 218 g/mol. The van der Waals surface area contributed by atoms with Crippen molar-refractivity contribution < 1.29 is 9.84 Å². The Balaban J connectivity index is 2.01. The summed E-state index contributed by atoms with van der Waals surface area (Å²) in [6, 6.07) is 0. The fourth-order valence-electron chi connectivity index (χ4n) is 2.14. The molecule has 2 N–H and O–H groups in total. The zero-order valence-corrected chi connectivity index (χ0v) is 10.1. The van der Waals surface area contributed by atoms with E-state index in [2.05, 4.69) is 15.3 Å². The zero-order valence-electron chi connectivity index (χ0n) is 10.1. The average molecular weight is 237 g/mol. The van der Waals surface area contributed by atoms with Gasteiger partial charge in [-0.2, -0.15) is 0 Å². The number of hydrogen-bond acceptors (Lipinski definition) is 5. The number of fused-ring (bicyclic) bond motifs is 1. The molecule has 1 heterocycles. The molecule has 1 aliphatic rings. The van der Waals surface area contributed by atoms with Gasteiger partial charge in [0.05, 0.1) is 12.7 Å². The number of hydrogen-bond donors (Lipinski definition) is 2. The number of methoxy groups -OCH3 is 1. The van der Waals surface area contributed by atoms with Gasteiger partial charge in [-0.25, -0.2) is 9.97 Å². The second-order valence-corrected chi connectivity index (χ2v) is 4.34. The van der Waals surface area contributed by atoms with Crippen LogP contribution in [0.25, 0.3) is 0 Å². The van der Waals surface area contributed by atoms with Crippen LogP contribution in [0.4, 0.5) is 5.82 Å². The summed E-state index contributed by atoms with van der Waals surface area (Å²) < 4.78 is 4.88. The average Bonchev–Trinajstić information content (AvgIpc) is 2.36. The molecule has 0 saturated carbocycles. The highest BCUT2D eigenvalue weighted by molar-refractivity contribution is 5.46. The molecule has 17 heavy (non-hydrogen) atoms. The molecule has 94 valence electrons. The molecule has 5 nitrogen and oxygen atoms in total. The van der Waals surface area contributed by atoms with E-state index < -0.39 is 6.10 Å². The van der Waals surface area contributed by atoms with Gasteiger partial charge < -0.3 is 15.2 Å². The molecule has 0 amide bonds. The quantitative estimate of drug-likeness (QED) is 0.792. The van der Waals surface area contributed by atoms with Crippen LogP contribution in [-0.4, -0.2) is 41.4 Å². The van der Waals surface area contributed by atoms with Crippen molar-refractivity contribution in [2.24, 2.45) is 0 Å². The number of ether oxygens (including phenoxy) is 1. The van der Waals surface area contributed by atoms with Crippen LogP contribution in [0.1, 0.15) is 24.1 Å². The van der Waals surface area contributed by atoms with E-state index in [0.29, 0.717) is 13.2 Å². The van der Waals surface area contributed by atoms with Crippen LogP contribution in [0, 0.1) is 0 Å². The lowest BCUT2D eigenvalue weighted by atomic mass is 9.96. The summed E-state index contributed by atoms with van der Waals surface area (Å²) in [7, 11) is 1.58. The molecule has 1 aromatic heterocycles. The molecule has 0 fully saturated rings. The number of nitrogens with one attached hydrogen (secondary N) is 1. The normalized spacial score (nSPS) is 16.4. The Bertz CT molecular complexity index is 371. The summed E-state index contributed by atoms with van der Waals surface area (Å²) in [6.45, 7) is 0.789. The van der Waals surface area contributed by atoms with Crippen molar-refractivity contribution in [3.8, 4) is 0 Å². The summed E-state index contributed by atoms with van der Waals surface area (Å²) in [5.74, 6) is 0.866. The largest absolute Gasteiger partial charge is 0.389 e. The van der Waals surface area contributed by atoms with Gasteiger partial charge in [0.25, 0.3) is 0 Å². The van der Waals surface area contributed by atoms with Crippen molar-refractivity contribution >= 4 is 5.82 Å². The molecular formula is C12H19N3O2. The molecule has 1 aliphatic carbocycles. The number of anilines is 1. The molecule has 2 rings (SSSR count). The van der Waals surface area contributed by atoms with Crippen molar-refractivity contribution in [2.45, 2.75) is 31.8 Å². The fourth-order valence-corrected chi connectivity index (χ4v) is 2.14. The number of aromatic nitrogens is 2. The van der Waals surface area contributed by atoms with Gasteiger partial charge in [-0.15, -0.1) is 0 Å². The molecule has 0 bridgehead atoms. The van der Waals surface area contributed by atoms with E-state index >= 15 is 0 Å². The van der Waals surface area contributed by atoms with Gasteiger partial charge in [0.1, 0.15) is 12.1 Å². The van der Waals surface area contributed by atoms with Gasteiger partial charge in [0.2, 0.25) is 0 Å². The maximum absolute atomic E-state index is 9.58. The second kappa shape index (κ2) is 5.93. The first-order valence-electron chi connectivity index (χ1n) is 6.05. The zero-order chi connectivity index (χ0) is 12.1. The monoisotopic (exact) mass is 237 g/mol. The summed E-state index contributed by atoms with van der Waals surface area (Å²) in [5, 5.41) is 12.8. The van der Waals surface area contributed by atoms with Crippen LogP contribution >= 0.6 is 0 Å². The Labute approximate surface area is 101 Å². The Morgan fingerprint density at radius 1 is 1.41 bits per heavy atom. The first-order chi connectivity index (χ1) is 8.31. The van der Waals surface area contributed by atoms with E-state index in [-0.39, 0.29) is 0 Å². The van der Waals surface area contributed by atoms with Gasteiger partial charge in [-0.05, 0) is 25.7 Å². The Morgan fingerprint density at radius 2 is 2.24 bits per heavy atom. The Hall–Kier alpha value is -1.20. The van der Waals surface area contributed by atoms with Crippen molar-refractivity contribution in [3.63, 3.8) is 0 Å². The first-order valence-corrected chi connectivity index (χ1v) is 6.05. The summed E-state index contributed by atoms with van der Waals surface area (Å²) in [5.41, 5.74) is 2.36. The lowest BCUT2D eigenvalue weighted by Gasteiger charge is -2.19. The standard InChI is InChI=1S/C12H19N3O2/c1-17-7-9(16)6-13-12-10-4-2-3-5-11(10)14-8-15-12/h8-9,16H,2-7H2,1H3,(H,13,14,15). The third-order valence-electron chi connectivity index (χ3n) is 2.99.